The highest BCUT2D eigenvalue weighted by molar-refractivity contribution is 7.92. The fourth-order valence-corrected chi connectivity index (χ4v) is 5.29. The summed E-state index contributed by atoms with van der Waals surface area (Å²) in [4.78, 5) is 12.7. The van der Waals surface area contributed by atoms with Crippen molar-refractivity contribution < 1.29 is 17.9 Å². The van der Waals surface area contributed by atoms with Crippen molar-refractivity contribution in [2.45, 2.75) is 18.7 Å². The van der Waals surface area contributed by atoms with Gasteiger partial charge in [-0.05, 0) is 67.4 Å². The molecule has 3 rings (SSSR count). The van der Waals surface area contributed by atoms with Gasteiger partial charge in [-0.15, -0.1) is 0 Å². The average Bonchev–Trinajstić information content (AvgIpc) is 2.75. The van der Waals surface area contributed by atoms with E-state index in [1.54, 1.807) is 18.2 Å². The van der Waals surface area contributed by atoms with Crippen LogP contribution in [0.1, 0.15) is 11.1 Å². The Labute approximate surface area is 204 Å². The topological polar surface area (TPSA) is 75.7 Å². The number of rotatable bonds is 9. The molecule has 6 nitrogen and oxygen atoms in total. The number of anilines is 1. The Kier molecular flexibility index (Phi) is 8.24. The Morgan fingerprint density at radius 1 is 0.970 bits per heavy atom. The number of sulfonamides is 1. The van der Waals surface area contributed by atoms with Gasteiger partial charge < -0.3 is 10.1 Å². The highest BCUT2D eigenvalue weighted by Gasteiger charge is 2.28. The van der Waals surface area contributed by atoms with Crippen LogP contribution in [-0.2, 0) is 14.8 Å². The second kappa shape index (κ2) is 10.9. The summed E-state index contributed by atoms with van der Waals surface area (Å²) >= 11 is 12.2. The van der Waals surface area contributed by atoms with E-state index in [9.17, 15) is 13.2 Å². The maximum absolute atomic E-state index is 13.3. The zero-order valence-electron chi connectivity index (χ0n) is 18.2. The van der Waals surface area contributed by atoms with Gasteiger partial charge in [-0.2, -0.15) is 0 Å². The number of hydrogen-bond donors (Lipinski definition) is 1. The van der Waals surface area contributed by atoms with Crippen molar-refractivity contribution in [2.24, 2.45) is 0 Å². The van der Waals surface area contributed by atoms with E-state index in [1.165, 1.54) is 30.3 Å². The lowest BCUT2D eigenvalue weighted by molar-refractivity contribution is -0.119. The van der Waals surface area contributed by atoms with Gasteiger partial charge in [0.2, 0.25) is 5.91 Å². The molecule has 0 bridgehead atoms. The minimum absolute atomic E-state index is 0.0435. The summed E-state index contributed by atoms with van der Waals surface area (Å²) in [5, 5.41) is 3.17. The quantitative estimate of drug-likeness (QED) is 0.414. The van der Waals surface area contributed by atoms with E-state index in [-0.39, 0.29) is 28.8 Å². The van der Waals surface area contributed by atoms with E-state index in [1.807, 2.05) is 32.0 Å². The van der Waals surface area contributed by atoms with Crippen LogP contribution in [0.25, 0.3) is 0 Å². The molecule has 0 aliphatic heterocycles. The first-order valence-electron chi connectivity index (χ1n) is 10.2. The van der Waals surface area contributed by atoms with Crippen LogP contribution < -0.4 is 14.4 Å². The van der Waals surface area contributed by atoms with Crippen molar-refractivity contribution in [1.29, 1.82) is 0 Å². The van der Waals surface area contributed by atoms with Gasteiger partial charge >= 0.3 is 0 Å². The van der Waals surface area contributed by atoms with Gasteiger partial charge in [0.1, 0.15) is 18.9 Å². The van der Waals surface area contributed by atoms with E-state index < -0.39 is 22.5 Å². The third-order valence-electron chi connectivity index (χ3n) is 4.68. The minimum atomic E-state index is -4.05. The van der Waals surface area contributed by atoms with Crippen LogP contribution in [0.15, 0.2) is 71.6 Å². The number of carbonyl (C=O) groups excluding carboxylic acids is 1. The van der Waals surface area contributed by atoms with E-state index in [4.69, 9.17) is 27.9 Å². The third-order valence-corrected chi connectivity index (χ3v) is 7.00. The first kappa shape index (κ1) is 24.9. The molecule has 3 aromatic carbocycles. The molecule has 1 N–H and O–H groups in total. The maximum atomic E-state index is 13.3. The highest BCUT2D eigenvalue weighted by atomic mass is 35.5. The van der Waals surface area contributed by atoms with Crippen LogP contribution in [0.3, 0.4) is 0 Å². The molecular formula is C24H24Cl2N2O4S. The van der Waals surface area contributed by atoms with Crippen LogP contribution in [0.5, 0.6) is 5.75 Å². The second-order valence-corrected chi connectivity index (χ2v) is 10.1. The molecule has 3 aromatic rings. The van der Waals surface area contributed by atoms with Crippen molar-refractivity contribution in [3.63, 3.8) is 0 Å². The Hall–Kier alpha value is -2.74. The van der Waals surface area contributed by atoms with Crippen molar-refractivity contribution in [1.82, 2.24) is 5.32 Å². The van der Waals surface area contributed by atoms with Crippen molar-refractivity contribution in [2.75, 3.05) is 24.0 Å². The zero-order chi connectivity index (χ0) is 24.0. The summed E-state index contributed by atoms with van der Waals surface area (Å²) in [5.74, 6) is 0.215. The minimum Gasteiger partial charge on any atom is -0.492 e. The number of hydrogen-bond acceptors (Lipinski definition) is 4. The number of nitrogens with one attached hydrogen (secondary N) is 1. The number of nitrogens with zero attached hydrogens (tertiary/aromatic N) is 1. The lowest BCUT2D eigenvalue weighted by atomic mass is 10.1. The Bertz CT molecular complexity index is 1210. The van der Waals surface area contributed by atoms with Crippen LogP contribution in [0.4, 0.5) is 5.69 Å². The number of ether oxygens (including phenoxy) is 1. The molecule has 0 saturated heterocycles. The fourth-order valence-electron chi connectivity index (χ4n) is 3.26. The molecule has 0 atom stereocenters. The van der Waals surface area contributed by atoms with Crippen molar-refractivity contribution in [3.05, 3.63) is 87.9 Å². The molecule has 0 unspecified atom stereocenters. The lowest BCUT2D eigenvalue weighted by Gasteiger charge is -2.25. The highest BCUT2D eigenvalue weighted by Crippen LogP contribution is 2.32. The summed E-state index contributed by atoms with van der Waals surface area (Å²) in [7, 11) is -4.05. The van der Waals surface area contributed by atoms with Gasteiger partial charge in [0, 0.05) is 5.02 Å². The first-order chi connectivity index (χ1) is 15.7. The number of amides is 1. The SMILES string of the molecule is Cc1cc(C)cc(OCCNC(=O)CN(c2ccc(Cl)cc2Cl)S(=O)(=O)c2ccccc2)c1. The standard InChI is InChI=1S/C24H24Cl2N2O4S/c1-17-12-18(2)14-20(13-17)32-11-10-27-24(29)16-28(23-9-8-19(25)15-22(23)26)33(30,31)21-6-4-3-5-7-21/h3-9,12-15H,10-11,16H2,1-2H3,(H,27,29). The zero-order valence-corrected chi connectivity index (χ0v) is 20.5. The molecule has 1 amide bonds. The fraction of sp³-hybridized carbons (Fsp3) is 0.208. The summed E-state index contributed by atoms with van der Waals surface area (Å²) in [6.45, 7) is 3.94. The maximum Gasteiger partial charge on any atom is 0.264 e. The van der Waals surface area contributed by atoms with Crippen molar-refractivity contribution in [3.8, 4) is 5.75 Å². The van der Waals surface area contributed by atoms with E-state index in [2.05, 4.69) is 5.32 Å². The number of benzene rings is 3. The van der Waals surface area contributed by atoms with Crippen LogP contribution in [0.2, 0.25) is 10.0 Å². The first-order valence-corrected chi connectivity index (χ1v) is 12.4. The summed E-state index contributed by atoms with van der Waals surface area (Å²) in [6.07, 6.45) is 0. The van der Waals surface area contributed by atoms with Gasteiger partial charge in [-0.25, -0.2) is 8.42 Å². The monoisotopic (exact) mass is 506 g/mol. The molecule has 0 fully saturated rings. The Balaban J connectivity index is 1.72. The predicted octanol–water partition coefficient (Wildman–Crippen LogP) is 5.00. The van der Waals surface area contributed by atoms with E-state index >= 15 is 0 Å². The summed E-state index contributed by atoms with van der Waals surface area (Å²) in [6, 6.07) is 18.1. The van der Waals surface area contributed by atoms with Crippen LogP contribution >= 0.6 is 23.2 Å². The normalized spacial score (nSPS) is 11.2. The number of carbonyl (C=O) groups is 1. The van der Waals surface area contributed by atoms with Crippen molar-refractivity contribution >= 4 is 44.8 Å². The lowest BCUT2D eigenvalue weighted by Crippen LogP contribution is -2.42. The molecule has 33 heavy (non-hydrogen) atoms. The van der Waals surface area contributed by atoms with E-state index in [0.29, 0.717) is 10.8 Å². The second-order valence-electron chi connectivity index (χ2n) is 7.44. The molecule has 0 aliphatic rings. The van der Waals surface area contributed by atoms with Gasteiger partial charge in [0.05, 0.1) is 22.2 Å². The molecular weight excluding hydrogens is 483 g/mol. The number of aryl methyl sites for hydroxylation is 2. The van der Waals surface area contributed by atoms with Gasteiger partial charge in [0.15, 0.2) is 0 Å². The van der Waals surface area contributed by atoms with Gasteiger partial charge in [-0.3, -0.25) is 9.10 Å². The molecule has 0 saturated carbocycles. The number of halogens is 2. The average molecular weight is 507 g/mol. The Morgan fingerprint density at radius 2 is 1.64 bits per heavy atom. The van der Waals surface area contributed by atoms with Gasteiger partial charge in [-0.1, -0.05) is 47.5 Å². The Morgan fingerprint density at radius 3 is 2.27 bits per heavy atom. The van der Waals surface area contributed by atoms with Crippen LogP contribution in [0, 0.1) is 13.8 Å². The molecule has 9 heteroatoms. The molecule has 0 radical (unpaired) electrons. The summed E-state index contributed by atoms with van der Waals surface area (Å²) in [5.41, 5.74) is 2.32. The van der Waals surface area contributed by atoms with Gasteiger partial charge in [0.25, 0.3) is 10.0 Å². The molecule has 0 aromatic heterocycles. The smallest absolute Gasteiger partial charge is 0.264 e. The van der Waals surface area contributed by atoms with E-state index in [0.717, 1.165) is 15.4 Å². The summed E-state index contributed by atoms with van der Waals surface area (Å²) < 4.78 is 33.3. The molecule has 0 aliphatic carbocycles. The largest absolute Gasteiger partial charge is 0.492 e. The molecule has 174 valence electrons. The molecule has 0 heterocycles. The molecule has 0 spiro atoms. The van der Waals surface area contributed by atoms with Crippen LogP contribution in [-0.4, -0.2) is 34.0 Å². The predicted molar refractivity (Wildman–Crippen MR) is 132 cm³/mol. The third kappa shape index (κ3) is 6.63.